The molecule has 1 aromatic rings. The molecular formula is C15H27N3O3S. The minimum atomic E-state index is -3.43. The van der Waals surface area contributed by atoms with E-state index in [0.29, 0.717) is 19.6 Å². The SMILES string of the molecule is CCN(CC)S(=O)(=O)NC[C@@H](c1ccco1)N1CCCCC1. The lowest BCUT2D eigenvalue weighted by atomic mass is 10.1. The Labute approximate surface area is 133 Å². The summed E-state index contributed by atoms with van der Waals surface area (Å²) in [5.74, 6) is 0.823. The van der Waals surface area contributed by atoms with Gasteiger partial charge in [-0.2, -0.15) is 12.7 Å². The van der Waals surface area contributed by atoms with Crippen LogP contribution in [0.3, 0.4) is 0 Å². The van der Waals surface area contributed by atoms with Gasteiger partial charge >= 0.3 is 0 Å². The average Bonchev–Trinajstić information content (AvgIpc) is 3.03. The first kappa shape index (κ1) is 17.5. The minimum Gasteiger partial charge on any atom is -0.468 e. The second-order valence-electron chi connectivity index (χ2n) is 5.57. The molecule has 0 spiro atoms. The van der Waals surface area contributed by atoms with Crippen LogP contribution >= 0.6 is 0 Å². The second-order valence-corrected chi connectivity index (χ2v) is 7.32. The summed E-state index contributed by atoms with van der Waals surface area (Å²) in [7, 11) is -3.43. The Morgan fingerprint density at radius 1 is 1.27 bits per heavy atom. The summed E-state index contributed by atoms with van der Waals surface area (Å²) in [6, 6.07) is 3.73. The van der Waals surface area contributed by atoms with Crippen molar-refractivity contribution in [2.45, 2.75) is 39.2 Å². The smallest absolute Gasteiger partial charge is 0.279 e. The Balaban J connectivity index is 2.07. The van der Waals surface area contributed by atoms with E-state index < -0.39 is 10.2 Å². The Hall–Kier alpha value is -0.890. The van der Waals surface area contributed by atoms with Crippen LogP contribution in [0.25, 0.3) is 0 Å². The van der Waals surface area contributed by atoms with E-state index in [-0.39, 0.29) is 6.04 Å². The molecule has 22 heavy (non-hydrogen) atoms. The molecule has 1 saturated heterocycles. The fourth-order valence-electron chi connectivity index (χ4n) is 2.96. The van der Waals surface area contributed by atoms with Crippen molar-refractivity contribution in [2.75, 3.05) is 32.7 Å². The summed E-state index contributed by atoms with van der Waals surface area (Å²) in [6.07, 6.45) is 5.19. The standard InChI is InChI=1S/C15H27N3O3S/c1-3-18(4-2)22(19,20)16-13-14(15-9-8-12-21-15)17-10-6-5-7-11-17/h8-9,12,14,16H,3-7,10-11,13H2,1-2H3/t14-/m0/s1. The predicted molar refractivity (Wildman–Crippen MR) is 86.7 cm³/mol. The second kappa shape index (κ2) is 8.10. The maximum absolute atomic E-state index is 12.3. The van der Waals surface area contributed by atoms with Crippen molar-refractivity contribution in [3.05, 3.63) is 24.2 Å². The van der Waals surface area contributed by atoms with Crippen molar-refractivity contribution in [2.24, 2.45) is 0 Å². The molecule has 1 aliphatic rings. The topological polar surface area (TPSA) is 65.8 Å². The lowest BCUT2D eigenvalue weighted by Crippen LogP contribution is -2.45. The van der Waals surface area contributed by atoms with Gasteiger partial charge < -0.3 is 4.42 Å². The maximum Gasteiger partial charge on any atom is 0.279 e. The van der Waals surface area contributed by atoms with E-state index in [9.17, 15) is 8.42 Å². The van der Waals surface area contributed by atoms with E-state index in [0.717, 1.165) is 31.7 Å². The van der Waals surface area contributed by atoms with Crippen LogP contribution in [0.1, 0.15) is 44.9 Å². The van der Waals surface area contributed by atoms with Gasteiger partial charge in [0.2, 0.25) is 0 Å². The van der Waals surface area contributed by atoms with Crippen LogP contribution in [0.2, 0.25) is 0 Å². The Bertz CT molecular complexity index is 520. The highest BCUT2D eigenvalue weighted by Gasteiger charge is 2.27. The fraction of sp³-hybridized carbons (Fsp3) is 0.733. The number of furan rings is 1. The van der Waals surface area contributed by atoms with Gasteiger partial charge in [0.15, 0.2) is 0 Å². The molecule has 0 aliphatic carbocycles. The van der Waals surface area contributed by atoms with Gasteiger partial charge in [-0.3, -0.25) is 4.90 Å². The van der Waals surface area contributed by atoms with Gasteiger partial charge in [0.1, 0.15) is 5.76 Å². The van der Waals surface area contributed by atoms with Crippen molar-refractivity contribution < 1.29 is 12.8 Å². The van der Waals surface area contributed by atoms with Crippen LogP contribution in [0, 0.1) is 0 Å². The van der Waals surface area contributed by atoms with Crippen LogP contribution in [-0.2, 0) is 10.2 Å². The van der Waals surface area contributed by atoms with Crippen LogP contribution in [-0.4, -0.2) is 50.3 Å². The van der Waals surface area contributed by atoms with E-state index >= 15 is 0 Å². The van der Waals surface area contributed by atoms with Gasteiger partial charge in [0.25, 0.3) is 10.2 Å². The Morgan fingerprint density at radius 3 is 2.50 bits per heavy atom. The van der Waals surface area contributed by atoms with Gasteiger partial charge in [-0.15, -0.1) is 0 Å². The van der Waals surface area contributed by atoms with Gasteiger partial charge in [0.05, 0.1) is 12.3 Å². The average molecular weight is 329 g/mol. The quantitative estimate of drug-likeness (QED) is 0.792. The predicted octanol–water partition coefficient (Wildman–Crippen LogP) is 1.98. The number of hydrogen-bond donors (Lipinski definition) is 1. The number of likely N-dealkylation sites (tertiary alicyclic amines) is 1. The molecular weight excluding hydrogens is 302 g/mol. The highest BCUT2D eigenvalue weighted by molar-refractivity contribution is 7.87. The van der Waals surface area contributed by atoms with E-state index in [1.807, 2.05) is 26.0 Å². The molecule has 0 bridgehead atoms. The first-order valence-electron chi connectivity index (χ1n) is 8.10. The van der Waals surface area contributed by atoms with Crippen molar-refractivity contribution in [3.63, 3.8) is 0 Å². The molecule has 126 valence electrons. The molecule has 0 aromatic carbocycles. The van der Waals surface area contributed by atoms with E-state index in [1.54, 1.807) is 6.26 Å². The molecule has 0 amide bonds. The third kappa shape index (κ3) is 4.32. The van der Waals surface area contributed by atoms with E-state index in [4.69, 9.17) is 4.42 Å². The lowest BCUT2D eigenvalue weighted by Gasteiger charge is -2.33. The maximum atomic E-state index is 12.3. The Morgan fingerprint density at radius 2 is 1.95 bits per heavy atom. The molecule has 0 radical (unpaired) electrons. The zero-order valence-electron chi connectivity index (χ0n) is 13.5. The summed E-state index contributed by atoms with van der Waals surface area (Å²) in [6.45, 7) is 6.94. The molecule has 2 rings (SSSR count). The lowest BCUT2D eigenvalue weighted by molar-refractivity contribution is 0.146. The molecule has 1 N–H and O–H groups in total. The largest absolute Gasteiger partial charge is 0.468 e. The van der Waals surface area contributed by atoms with Gasteiger partial charge in [-0.25, -0.2) is 4.72 Å². The summed E-state index contributed by atoms with van der Waals surface area (Å²) < 4.78 is 34.3. The van der Waals surface area contributed by atoms with Crippen LogP contribution in [0.4, 0.5) is 0 Å². The molecule has 2 heterocycles. The number of piperidine rings is 1. The van der Waals surface area contributed by atoms with Crippen molar-refractivity contribution in [3.8, 4) is 0 Å². The molecule has 6 nitrogen and oxygen atoms in total. The summed E-state index contributed by atoms with van der Waals surface area (Å²) >= 11 is 0. The molecule has 1 aliphatic heterocycles. The monoisotopic (exact) mass is 329 g/mol. The zero-order chi connectivity index (χ0) is 16.0. The highest BCUT2D eigenvalue weighted by Crippen LogP contribution is 2.24. The first-order valence-corrected chi connectivity index (χ1v) is 9.54. The first-order chi connectivity index (χ1) is 10.6. The third-order valence-corrected chi connectivity index (χ3v) is 5.94. The van der Waals surface area contributed by atoms with Gasteiger partial charge in [-0.1, -0.05) is 20.3 Å². The number of hydrogen-bond acceptors (Lipinski definition) is 4. The highest BCUT2D eigenvalue weighted by atomic mass is 32.2. The van der Waals surface area contributed by atoms with Crippen LogP contribution < -0.4 is 4.72 Å². The molecule has 1 aromatic heterocycles. The molecule has 7 heteroatoms. The van der Waals surface area contributed by atoms with Crippen LogP contribution in [0.15, 0.2) is 22.8 Å². The summed E-state index contributed by atoms with van der Waals surface area (Å²) in [4.78, 5) is 2.31. The van der Waals surface area contributed by atoms with Crippen molar-refractivity contribution in [1.82, 2.24) is 13.9 Å². The van der Waals surface area contributed by atoms with E-state index in [1.165, 1.54) is 10.7 Å². The van der Waals surface area contributed by atoms with Gasteiger partial charge in [-0.05, 0) is 38.1 Å². The molecule has 1 atom stereocenters. The summed E-state index contributed by atoms with van der Waals surface area (Å²) in [5.41, 5.74) is 0. The molecule has 0 saturated carbocycles. The molecule has 1 fully saturated rings. The normalized spacial score (nSPS) is 18.7. The summed E-state index contributed by atoms with van der Waals surface area (Å²) in [5, 5.41) is 0. The Kier molecular flexibility index (Phi) is 6.43. The third-order valence-electron chi connectivity index (χ3n) is 4.21. The number of nitrogens with zero attached hydrogens (tertiary/aromatic N) is 2. The van der Waals surface area contributed by atoms with Crippen molar-refractivity contribution in [1.29, 1.82) is 0 Å². The van der Waals surface area contributed by atoms with Crippen molar-refractivity contribution >= 4 is 10.2 Å². The minimum absolute atomic E-state index is 0.0411. The van der Waals surface area contributed by atoms with Gasteiger partial charge in [0, 0.05) is 19.6 Å². The van der Waals surface area contributed by atoms with E-state index in [2.05, 4.69) is 9.62 Å². The number of nitrogens with one attached hydrogen (secondary N) is 1. The molecule has 0 unspecified atom stereocenters. The van der Waals surface area contributed by atoms with Crippen LogP contribution in [0.5, 0.6) is 0 Å². The zero-order valence-corrected chi connectivity index (χ0v) is 14.3. The number of rotatable bonds is 8. The fourth-order valence-corrected chi connectivity index (χ4v) is 4.19.